The van der Waals surface area contributed by atoms with Crippen molar-refractivity contribution in [1.82, 2.24) is 14.9 Å². The third-order valence-corrected chi connectivity index (χ3v) is 3.40. The van der Waals surface area contributed by atoms with Crippen molar-refractivity contribution in [2.75, 3.05) is 19.8 Å². The highest BCUT2D eigenvalue weighted by Crippen LogP contribution is 2.28. The van der Waals surface area contributed by atoms with Gasteiger partial charge in [-0.15, -0.1) is 0 Å². The Morgan fingerprint density at radius 2 is 2.32 bits per heavy atom. The Morgan fingerprint density at radius 1 is 1.47 bits per heavy atom. The lowest BCUT2D eigenvalue weighted by atomic mass is 10.2. The molecule has 1 heterocycles. The summed E-state index contributed by atoms with van der Waals surface area (Å²) in [4.78, 5) is 4.24. The SMILES string of the molecule is CC(C)CNCc1cncn1CCCOCC1CC1. The van der Waals surface area contributed by atoms with Crippen molar-refractivity contribution in [3.8, 4) is 0 Å². The highest BCUT2D eigenvalue weighted by molar-refractivity contribution is 4.97. The van der Waals surface area contributed by atoms with E-state index < -0.39 is 0 Å². The molecule has 4 nitrogen and oxygen atoms in total. The van der Waals surface area contributed by atoms with Crippen LogP contribution in [0.1, 0.15) is 38.8 Å². The van der Waals surface area contributed by atoms with Crippen molar-refractivity contribution >= 4 is 0 Å². The van der Waals surface area contributed by atoms with Crippen LogP contribution in [0.25, 0.3) is 0 Å². The second kappa shape index (κ2) is 7.65. The molecular formula is C15H27N3O. The fourth-order valence-electron chi connectivity index (χ4n) is 2.06. The van der Waals surface area contributed by atoms with Crippen LogP contribution < -0.4 is 5.32 Å². The Morgan fingerprint density at radius 3 is 3.05 bits per heavy atom. The summed E-state index contributed by atoms with van der Waals surface area (Å²) in [6.07, 6.45) is 7.69. The second-order valence-electron chi connectivity index (χ2n) is 5.97. The molecule has 1 N–H and O–H groups in total. The molecule has 1 aromatic rings. The zero-order valence-corrected chi connectivity index (χ0v) is 12.3. The zero-order valence-electron chi connectivity index (χ0n) is 12.3. The van der Waals surface area contributed by atoms with Crippen molar-refractivity contribution in [1.29, 1.82) is 0 Å². The molecule has 0 spiro atoms. The van der Waals surface area contributed by atoms with Crippen molar-refractivity contribution in [2.24, 2.45) is 11.8 Å². The van der Waals surface area contributed by atoms with Gasteiger partial charge in [-0.1, -0.05) is 13.8 Å². The molecule has 108 valence electrons. The van der Waals surface area contributed by atoms with Crippen LogP contribution in [0.2, 0.25) is 0 Å². The minimum atomic E-state index is 0.687. The molecule has 4 heteroatoms. The summed E-state index contributed by atoms with van der Waals surface area (Å²) in [6, 6.07) is 0. The van der Waals surface area contributed by atoms with E-state index in [1.165, 1.54) is 18.5 Å². The van der Waals surface area contributed by atoms with E-state index in [0.29, 0.717) is 5.92 Å². The first-order chi connectivity index (χ1) is 9.25. The van der Waals surface area contributed by atoms with Crippen molar-refractivity contribution < 1.29 is 4.74 Å². The molecule has 0 saturated heterocycles. The number of nitrogens with zero attached hydrogens (tertiary/aromatic N) is 2. The largest absolute Gasteiger partial charge is 0.381 e. The minimum absolute atomic E-state index is 0.687. The fraction of sp³-hybridized carbons (Fsp3) is 0.800. The maximum atomic E-state index is 5.66. The van der Waals surface area contributed by atoms with Crippen LogP contribution in [-0.2, 0) is 17.8 Å². The minimum Gasteiger partial charge on any atom is -0.381 e. The lowest BCUT2D eigenvalue weighted by Gasteiger charge is -2.10. The van der Waals surface area contributed by atoms with Crippen molar-refractivity contribution in [3.63, 3.8) is 0 Å². The first-order valence-corrected chi connectivity index (χ1v) is 7.53. The Bertz CT molecular complexity index is 358. The van der Waals surface area contributed by atoms with E-state index in [4.69, 9.17) is 4.74 Å². The summed E-state index contributed by atoms with van der Waals surface area (Å²) in [5, 5.41) is 3.46. The standard InChI is InChI=1S/C15H27N3O/c1-13(2)8-16-9-15-10-17-12-18(15)6-3-7-19-11-14-4-5-14/h10,12-14,16H,3-9,11H2,1-2H3. The van der Waals surface area contributed by atoms with Gasteiger partial charge < -0.3 is 14.6 Å². The van der Waals surface area contributed by atoms with Gasteiger partial charge in [-0.2, -0.15) is 0 Å². The van der Waals surface area contributed by atoms with E-state index in [1.54, 1.807) is 0 Å². The van der Waals surface area contributed by atoms with Gasteiger partial charge >= 0.3 is 0 Å². The maximum absolute atomic E-state index is 5.66. The van der Waals surface area contributed by atoms with Crippen molar-refractivity contribution in [2.45, 2.75) is 46.2 Å². The van der Waals surface area contributed by atoms with Crippen LogP contribution in [0.5, 0.6) is 0 Å². The quantitative estimate of drug-likeness (QED) is 0.660. The number of rotatable bonds is 10. The number of hydrogen-bond acceptors (Lipinski definition) is 3. The lowest BCUT2D eigenvalue weighted by molar-refractivity contribution is 0.119. The summed E-state index contributed by atoms with van der Waals surface area (Å²) in [5.74, 6) is 1.55. The zero-order chi connectivity index (χ0) is 13.5. The van der Waals surface area contributed by atoms with Gasteiger partial charge in [0.25, 0.3) is 0 Å². The number of nitrogens with one attached hydrogen (secondary N) is 1. The average Bonchev–Trinajstić information content (AvgIpc) is 3.09. The summed E-state index contributed by atoms with van der Waals surface area (Å²) < 4.78 is 7.89. The molecule has 1 aliphatic carbocycles. The maximum Gasteiger partial charge on any atom is 0.0948 e. The molecule has 0 bridgehead atoms. The van der Waals surface area contributed by atoms with Gasteiger partial charge in [-0.3, -0.25) is 0 Å². The average molecular weight is 265 g/mol. The van der Waals surface area contributed by atoms with Crippen LogP contribution in [0.3, 0.4) is 0 Å². The highest BCUT2D eigenvalue weighted by Gasteiger charge is 2.20. The first kappa shape index (κ1) is 14.5. The molecule has 1 aliphatic rings. The molecule has 0 unspecified atom stereocenters. The molecule has 0 radical (unpaired) electrons. The molecule has 1 aromatic heterocycles. The summed E-state index contributed by atoms with van der Waals surface area (Å²) >= 11 is 0. The fourth-order valence-corrected chi connectivity index (χ4v) is 2.06. The van der Waals surface area contributed by atoms with E-state index >= 15 is 0 Å². The molecule has 0 aromatic carbocycles. The van der Waals surface area contributed by atoms with Crippen LogP contribution in [-0.4, -0.2) is 29.3 Å². The van der Waals surface area contributed by atoms with E-state index in [2.05, 4.69) is 28.7 Å². The van der Waals surface area contributed by atoms with E-state index in [0.717, 1.165) is 45.2 Å². The molecule has 19 heavy (non-hydrogen) atoms. The van der Waals surface area contributed by atoms with Crippen LogP contribution in [0.4, 0.5) is 0 Å². The van der Waals surface area contributed by atoms with E-state index in [9.17, 15) is 0 Å². The third-order valence-electron chi connectivity index (χ3n) is 3.40. The number of imidazole rings is 1. The number of ether oxygens (including phenoxy) is 1. The molecule has 1 saturated carbocycles. The van der Waals surface area contributed by atoms with Crippen molar-refractivity contribution in [3.05, 3.63) is 18.2 Å². The van der Waals surface area contributed by atoms with Crippen LogP contribution in [0, 0.1) is 11.8 Å². The lowest BCUT2D eigenvalue weighted by Crippen LogP contribution is -2.21. The number of aryl methyl sites for hydroxylation is 1. The van der Waals surface area contributed by atoms with Gasteiger partial charge in [-0.05, 0) is 37.6 Å². The second-order valence-corrected chi connectivity index (χ2v) is 5.97. The molecule has 0 aliphatic heterocycles. The van der Waals surface area contributed by atoms with Crippen LogP contribution >= 0.6 is 0 Å². The normalized spacial score (nSPS) is 15.3. The Balaban J connectivity index is 1.60. The Labute approximate surface area is 116 Å². The van der Waals surface area contributed by atoms with Gasteiger partial charge in [-0.25, -0.2) is 4.98 Å². The number of hydrogen-bond donors (Lipinski definition) is 1. The van der Waals surface area contributed by atoms with Gasteiger partial charge in [0.2, 0.25) is 0 Å². The molecule has 1 fully saturated rings. The molecule has 0 atom stereocenters. The van der Waals surface area contributed by atoms with E-state index in [-0.39, 0.29) is 0 Å². The summed E-state index contributed by atoms with van der Waals surface area (Å²) in [6.45, 7) is 9.24. The molecule has 0 amide bonds. The molecular weight excluding hydrogens is 238 g/mol. The third kappa shape index (κ3) is 5.74. The van der Waals surface area contributed by atoms with Gasteiger partial charge in [0.1, 0.15) is 0 Å². The van der Waals surface area contributed by atoms with Gasteiger partial charge in [0.15, 0.2) is 0 Å². The van der Waals surface area contributed by atoms with Crippen LogP contribution in [0.15, 0.2) is 12.5 Å². The number of aromatic nitrogens is 2. The molecule has 2 rings (SSSR count). The van der Waals surface area contributed by atoms with Gasteiger partial charge in [0, 0.05) is 32.5 Å². The Hall–Kier alpha value is -0.870. The smallest absolute Gasteiger partial charge is 0.0948 e. The highest BCUT2D eigenvalue weighted by atomic mass is 16.5. The van der Waals surface area contributed by atoms with Gasteiger partial charge in [0.05, 0.1) is 12.0 Å². The monoisotopic (exact) mass is 265 g/mol. The van der Waals surface area contributed by atoms with E-state index in [1.807, 2.05) is 12.5 Å². The Kier molecular flexibility index (Phi) is 5.86. The summed E-state index contributed by atoms with van der Waals surface area (Å²) in [5.41, 5.74) is 1.27. The predicted molar refractivity (Wildman–Crippen MR) is 76.9 cm³/mol. The first-order valence-electron chi connectivity index (χ1n) is 7.53. The predicted octanol–water partition coefficient (Wildman–Crippen LogP) is 2.45. The topological polar surface area (TPSA) is 39.1 Å². The summed E-state index contributed by atoms with van der Waals surface area (Å²) in [7, 11) is 0.